The van der Waals surface area contributed by atoms with Crippen molar-refractivity contribution in [1.29, 1.82) is 0 Å². The first kappa shape index (κ1) is 12.9. The van der Waals surface area contributed by atoms with Crippen LogP contribution in [0.3, 0.4) is 0 Å². The lowest BCUT2D eigenvalue weighted by molar-refractivity contribution is 0.474. The minimum atomic E-state index is 0.147. The van der Waals surface area contributed by atoms with E-state index in [1.807, 2.05) is 0 Å². The zero-order chi connectivity index (χ0) is 13.0. The molecule has 1 N–H and O–H groups in total. The van der Waals surface area contributed by atoms with E-state index in [0.29, 0.717) is 17.2 Å². The van der Waals surface area contributed by atoms with Gasteiger partial charge in [0, 0.05) is 5.56 Å². The summed E-state index contributed by atoms with van der Waals surface area (Å²) in [5, 5.41) is 21.5. The van der Waals surface area contributed by atoms with Crippen LogP contribution in [0.5, 0.6) is 5.75 Å². The van der Waals surface area contributed by atoms with Crippen LogP contribution in [-0.2, 0) is 11.8 Å². The maximum Gasteiger partial charge on any atom is 0.169 e. The highest BCUT2D eigenvalue weighted by molar-refractivity contribution is 6.17. The SMILES string of the molecule is Oc1ccccc1C=Nn1c(CCl)nnc1CCl. The van der Waals surface area contributed by atoms with Crippen molar-refractivity contribution in [2.24, 2.45) is 5.10 Å². The third kappa shape index (κ3) is 2.63. The number of para-hydroxylation sites is 1. The fourth-order valence-corrected chi connectivity index (χ4v) is 1.70. The minimum absolute atomic E-state index is 0.147. The number of alkyl halides is 2. The second-order valence-electron chi connectivity index (χ2n) is 3.41. The van der Waals surface area contributed by atoms with Crippen molar-refractivity contribution in [1.82, 2.24) is 14.9 Å². The summed E-state index contributed by atoms with van der Waals surface area (Å²) in [4.78, 5) is 0. The van der Waals surface area contributed by atoms with E-state index in [0.717, 1.165) is 0 Å². The summed E-state index contributed by atoms with van der Waals surface area (Å²) in [6, 6.07) is 6.86. The van der Waals surface area contributed by atoms with Gasteiger partial charge in [0.1, 0.15) is 5.75 Å². The molecule has 0 saturated heterocycles. The molecule has 2 rings (SSSR count). The summed E-state index contributed by atoms with van der Waals surface area (Å²) in [6.07, 6.45) is 1.50. The van der Waals surface area contributed by atoms with Gasteiger partial charge in [-0.15, -0.1) is 33.4 Å². The second kappa shape index (κ2) is 5.84. The Kier molecular flexibility index (Phi) is 4.17. The van der Waals surface area contributed by atoms with E-state index >= 15 is 0 Å². The van der Waals surface area contributed by atoms with Gasteiger partial charge < -0.3 is 5.11 Å². The van der Waals surface area contributed by atoms with Crippen LogP contribution in [0, 0.1) is 0 Å². The molecule has 18 heavy (non-hydrogen) atoms. The van der Waals surface area contributed by atoms with Gasteiger partial charge >= 0.3 is 0 Å². The van der Waals surface area contributed by atoms with Crippen LogP contribution >= 0.6 is 23.2 Å². The number of nitrogens with zero attached hydrogens (tertiary/aromatic N) is 4. The lowest BCUT2D eigenvalue weighted by Gasteiger charge is -2.01. The Balaban J connectivity index is 2.34. The second-order valence-corrected chi connectivity index (χ2v) is 3.95. The smallest absolute Gasteiger partial charge is 0.169 e. The van der Waals surface area contributed by atoms with E-state index < -0.39 is 0 Å². The Bertz CT molecular complexity index is 546. The van der Waals surface area contributed by atoms with E-state index in [9.17, 15) is 5.11 Å². The third-order valence-electron chi connectivity index (χ3n) is 2.26. The third-order valence-corrected chi connectivity index (χ3v) is 2.74. The van der Waals surface area contributed by atoms with E-state index in [2.05, 4.69) is 15.3 Å². The van der Waals surface area contributed by atoms with Gasteiger partial charge in [-0.3, -0.25) is 0 Å². The number of aromatic nitrogens is 3. The highest BCUT2D eigenvalue weighted by atomic mass is 35.5. The predicted octanol–water partition coefficient (Wildman–Crippen LogP) is 2.34. The Morgan fingerprint density at radius 3 is 2.33 bits per heavy atom. The Morgan fingerprint density at radius 1 is 1.17 bits per heavy atom. The molecule has 1 aromatic carbocycles. The first-order valence-corrected chi connectivity index (χ1v) is 6.20. The largest absolute Gasteiger partial charge is 0.507 e. The van der Waals surface area contributed by atoms with E-state index in [4.69, 9.17) is 23.2 Å². The predicted molar refractivity (Wildman–Crippen MR) is 70.2 cm³/mol. The van der Waals surface area contributed by atoms with E-state index in [1.54, 1.807) is 24.3 Å². The summed E-state index contributed by atoms with van der Waals surface area (Å²) >= 11 is 11.5. The number of phenols is 1. The number of hydrogen-bond acceptors (Lipinski definition) is 4. The van der Waals surface area contributed by atoms with Crippen molar-refractivity contribution in [2.45, 2.75) is 11.8 Å². The molecule has 0 aliphatic heterocycles. The first-order chi connectivity index (χ1) is 8.76. The molecule has 0 saturated carbocycles. The monoisotopic (exact) mass is 284 g/mol. The molecule has 0 unspecified atom stereocenters. The van der Waals surface area contributed by atoms with Gasteiger partial charge in [-0.1, -0.05) is 12.1 Å². The maximum absolute atomic E-state index is 9.61. The summed E-state index contributed by atoms with van der Waals surface area (Å²) in [6.45, 7) is 0. The molecular formula is C11H10Cl2N4O. The molecule has 0 amide bonds. The molecule has 0 spiro atoms. The van der Waals surface area contributed by atoms with E-state index in [-0.39, 0.29) is 17.5 Å². The van der Waals surface area contributed by atoms with Crippen LogP contribution in [0.25, 0.3) is 0 Å². The minimum Gasteiger partial charge on any atom is -0.507 e. The normalized spacial score (nSPS) is 11.2. The molecule has 7 heteroatoms. The van der Waals surface area contributed by atoms with Crippen molar-refractivity contribution in [3.05, 3.63) is 41.5 Å². The molecule has 0 bridgehead atoms. The van der Waals surface area contributed by atoms with Crippen molar-refractivity contribution < 1.29 is 5.11 Å². The zero-order valence-corrected chi connectivity index (χ0v) is 10.8. The van der Waals surface area contributed by atoms with Gasteiger partial charge in [0.15, 0.2) is 11.6 Å². The molecule has 1 aromatic heterocycles. The molecule has 0 atom stereocenters. The average Bonchev–Trinajstić information content (AvgIpc) is 2.80. The van der Waals surface area contributed by atoms with Crippen LogP contribution in [-0.4, -0.2) is 26.2 Å². The number of halogens is 2. The zero-order valence-electron chi connectivity index (χ0n) is 9.29. The molecule has 0 fully saturated rings. The van der Waals surface area contributed by atoms with Crippen molar-refractivity contribution in [2.75, 3.05) is 0 Å². The van der Waals surface area contributed by atoms with Gasteiger partial charge in [-0.25, -0.2) is 0 Å². The highest BCUT2D eigenvalue weighted by Gasteiger charge is 2.09. The molecular weight excluding hydrogens is 275 g/mol. The molecule has 0 aliphatic rings. The van der Waals surface area contributed by atoms with Crippen molar-refractivity contribution in [3.63, 3.8) is 0 Å². The summed E-state index contributed by atoms with van der Waals surface area (Å²) in [5.41, 5.74) is 0.590. The van der Waals surface area contributed by atoms with Crippen LogP contribution < -0.4 is 0 Å². The number of phenolic OH excluding ortho intramolecular Hbond substituents is 1. The fourth-order valence-electron chi connectivity index (χ4n) is 1.37. The molecule has 94 valence electrons. The molecule has 0 radical (unpaired) electrons. The maximum atomic E-state index is 9.61. The van der Waals surface area contributed by atoms with Crippen LogP contribution in [0.15, 0.2) is 29.4 Å². The summed E-state index contributed by atoms with van der Waals surface area (Å²) in [7, 11) is 0. The Morgan fingerprint density at radius 2 is 1.78 bits per heavy atom. The van der Waals surface area contributed by atoms with Gasteiger partial charge in [0.25, 0.3) is 0 Å². The van der Waals surface area contributed by atoms with Gasteiger partial charge in [0.2, 0.25) is 0 Å². The summed E-state index contributed by atoms with van der Waals surface area (Å²) in [5.74, 6) is 1.51. The van der Waals surface area contributed by atoms with Crippen molar-refractivity contribution in [3.8, 4) is 5.75 Å². The van der Waals surface area contributed by atoms with Crippen LogP contribution in [0.2, 0.25) is 0 Å². The molecule has 1 heterocycles. The van der Waals surface area contributed by atoms with Crippen molar-refractivity contribution >= 4 is 29.4 Å². The van der Waals surface area contributed by atoms with Gasteiger partial charge in [-0.2, -0.15) is 9.78 Å². The van der Waals surface area contributed by atoms with Gasteiger partial charge in [-0.05, 0) is 12.1 Å². The Hall–Kier alpha value is -1.59. The Labute approximate surface area is 114 Å². The van der Waals surface area contributed by atoms with Gasteiger partial charge in [0.05, 0.1) is 18.0 Å². The molecule has 0 aliphatic carbocycles. The lowest BCUT2D eigenvalue weighted by Crippen LogP contribution is -2.00. The number of aromatic hydroxyl groups is 1. The molecule has 5 nitrogen and oxygen atoms in total. The number of rotatable bonds is 4. The molecule has 2 aromatic rings. The fraction of sp³-hybridized carbons (Fsp3) is 0.182. The average molecular weight is 285 g/mol. The topological polar surface area (TPSA) is 63.3 Å². The lowest BCUT2D eigenvalue weighted by atomic mass is 10.2. The summed E-state index contributed by atoms with van der Waals surface area (Å²) < 4.78 is 1.46. The van der Waals surface area contributed by atoms with E-state index in [1.165, 1.54) is 10.9 Å². The standard InChI is InChI=1S/C11H10Cl2N4O/c12-5-10-15-16-11(6-13)17(10)14-7-8-3-1-2-4-9(8)18/h1-4,7,18H,5-6H2. The van der Waals surface area contributed by atoms with Crippen LogP contribution in [0.4, 0.5) is 0 Å². The number of hydrogen-bond donors (Lipinski definition) is 1. The quantitative estimate of drug-likeness (QED) is 0.692. The highest BCUT2D eigenvalue weighted by Crippen LogP contribution is 2.14. The first-order valence-electron chi connectivity index (χ1n) is 5.13. The van der Waals surface area contributed by atoms with Crippen LogP contribution in [0.1, 0.15) is 17.2 Å². The number of benzene rings is 1.